The fraction of sp³-hybridized carbons (Fsp3) is 0.308. The Kier molecular flexibility index (Phi) is 4.24. The Morgan fingerprint density at radius 2 is 1.95 bits per heavy atom. The Hall–Kier alpha value is -2.08. The molecule has 0 radical (unpaired) electrons. The summed E-state index contributed by atoms with van der Waals surface area (Å²) in [5, 5.41) is 3.06. The average molecular weight is 296 g/mol. The molecule has 1 aromatic rings. The molecule has 0 atom stereocenters. The fourth-order valence-corrected chi connectivity index (χ4v) is 2.11. The van der Waals surface area contributed by atoms with Gasteiger partial charge in [-0.1, -0.05) is 11.6 Å². The van der Waals surface area contributed by atoms with E-state index < -0.39 is 0 Å². The topological polar surface area (TPSA) is 92.5 Å². The zero-order chi connectivity index (χ0) is 14.7. The quantitative estimate of drug-likeness (QED) is 0.648. The van der Waals surface area contributed by atoms with Crippen molar-refractivity contribution in [2.75, 3.05) is 17.6 Å². The Bertz CT molecular complexity index is 558. The standard InChI is InChI=1S/C13H14ClN3O3/c14-8-1-2-9(15)10(7-8)16-11(18)5-6-17-12(19)3-4-13(17)20/h1-2,7H,3-6,15H2,(H,16,18). The molecule has 1 aliphatic heterocycles. The van der Waals surface area contributed by atoms with Gasteiger partial charge in [-0.2, -0.15) is 0 Å². The van der Waals surface area contributed by atoms with E-state index in [2.05, 4.69) is 5.32 Å². The minimum Gasteiger partial charge on any atom is -0.397 e. The van der Waals surface area contributed by atoms with E-state index in [0.29, 0.717) is 16.4 Å². The van der Waals surface area contributed by atoms with Crippen LogP contribution in [-0.2, 0) is 14.4 Å². The van der Waals surface area contributed by atoms with Gasteiger partial charge in [0.1, 0.15) is 0 Å². The third kappa shape index (κ3) is 3.27. The van der Waals surface area contributed by atoms with Crippen LogP contribution >= 0.6 is 11.6 Å². The predicted octanol–water partition coefficient (Wildman–Crippen LogP) is 1.40. The van der Waals surface area contributed by atoms with Crippen LogP contribution in [0.2, 0.25) is 5.02 Å². The van der Waals surface area contributed by atoms with Gasteiger partial charge in [0, 0.05) is 30.8 Å². The maximum absolute atomic E-state index is 11.8. The van der Waals surface area contributed by atoms with Gasteiger partial charge in [-0.05, 0) is 18.2 Å². The molecule has 1 heterocycles. The van der Waals surface area contributed by atoms with Gasteiger partial charge in [0.15, 0.2) is 0 Å². The number of imide groups is 1. The number of likely N-dealkylation sites (tertiary alicyclic amines) is 1. The van der Waals surface area contributed by atoms with Crippen molar-refractivity contribution < 1.29 is 14.4 Å². The first-order chi connectivity index (χ1) is 9.47. The number of carbonyl (C=O) groups excluding carboxylic acids is 3. The summed E-state index contributed by atoms with van der Waals surface area (Å²) in [6.45, 7) is 0.0873. The fourth-order valence-electron chi connectivity index (χ4n) is 1.94. The van der Waals surface area contributed by atoms with Crippen molar-refractivity contribution in [1.29, 1.82) is 0 Å². The number of halogens is 1. The van der Waals surface area contributed by atoms with E-state index in [4.69, 9.17) is 17.3 Å². The van der Waals surface area contributed by atoms with Crippen LogP contribution < -0.4 is 11.1 Å². The molecule has 6 nitrogen and oxygen atoms in total. The monoisotopic (exact) mass is 295 g/mol. The number of nitrogen functional groups attached to an aromatic ring is 1. The van der Waals surface area contributed by atoms with Crippen LogP contribution in [0, 0.1) is 0 Å². The van der Waals surface area contributed by atoms with Gasteiger partial charge in [0.2, 0.25) is 17.7 Å². The van der Waals surface area contributed by atoms with Crippen LogP contribution in [-0.4, -0.2) is 29.2 Å². The van der Waals surface area contributed by atoms with Gasteiger partial charge in [0.05, 0.1) is 11.4 Å². The molecule has 7 heteroatoms. The minimum atomic E-state index is -0.327. The number of carbonyl (C=O) groups is 3. The molecule has 3 N–H and O–H groups in total. The first-order valence-corrected chi connectivity index (χ1v) is 6.53. The molecule has 0 bridgehead atoms. The van der Waals surface area contributed by atoms with Crippen LogP contribution in [0.3, 0.4) is 0 Å². The van der Waals surface area contributed by atoms with Crippen LogP contribution in [0.1, 0.15) is 19.3 Å². The maximum Gasteiger partial charge on any atom is 0.229 e. The number of nitrogens with two attached hydrogens (primary N) is 1. The zero-order valence-corrected chi connectivity index (χ0v) is 11.4. The van der Waals surface area contributed by atoms with Crippen LogP contribution in [0.15, 0.2) is 18.2 Å². The molecule has 0 aromatic heterocycles. The zero-order valence-electron chi connectivity index (χ0n) is 10.7. The lowest BCUT2D eigenvalue weighted by atomic mass is 10.2. The molecule has 0 unspecified atom stereocenters. The minimum absolute atomic E-state index is 0.0312. The van der Waals surface area contributed by atoms with Gasteiger partial charge in [0.25, 0.3) is 0 Å². The molecular weight excluding hydrogens is 282 g/mol. The third-order valence-electron chi connectivity index (χ3n) is 3.01. The molecule has 0 aliphatic carbocycles. The number of nitrogens with one attached hydrogen (secondary N) is 1. The lowest BCUT2D eigenvalue weighted by molar-refractivity contribution is -0.138. The summed E-state index contributed by atoms with van der Waals surface area (Å²) in [5.41, 5.74) is 6.53. The van der Waals surface area contributed by atoms with Gasteiger partial charge < -0.3 is 11.1 Å². The van der Waals surface area contributed by atoms with Gasteiger partial charge in [-0.15, -0.1) is 0 Å². The Balaban J connectivity index is 1.91. The van der Waals surface area contributed by atoms with E-state index in [1.807, 2.05) is 0 Å². The number of benzene rings is 1. The summed E-state index contributed by atoms with van der Waals surface area (Å²) in [5.74, 6) is -0.790. The van der Waals surface area contributed by atoms with Gasteiger partial charge in [-0.3, -0.25) is 19.3 Å². The summed E-state index contributed by atoms with van der Waals surface area (Å²) in [7, 11) is 0. The average Bonchev–Trinajstić information content (AvgIpc) is 2.71. The van der Waals surface area contributed by atoms with Crippen molar-refractivity contribution in [3.05, 3.63) is 23.2 Å². The number of amides is 3. The first-order valence-electron chi connectivity index (χ1n) is 6.15. The van der Waals surface area contributed by atoms with Crippen molar-refractivity contribution in [2.24, 2.45) is 0 Å². The summed E-state index contributed by atoms with van der Waals surface area (Å²) < 4.78 is 0. The highest BCUT2D eigenvalue weighted by Crippen LogP contribution is 2.23. The molecular formula is C13H14ClN3O3. The smallest absolute Gasteiger partial charge is 0.229 e. The van der Waals surface area contributed by atoms with E-state index in [-0.39, 0.29) is 43.5 Å². The largest absolute Gasteiger partial charge is 0.397 e. The molecule has 0 spiro atoms. The van der Waals surface area contributed by atoms with E-state index in [9.17, 15) is 14.4 Å². The number of hydrogen-bond donors (Lipinski definition) is 2. The summed E-state index contributed by atoms with van der Waals surface area (Å²) in [6.07, 6.45) is 0.479. The number of nitrogens with zero attached hydrogens (tertiary/aromatic N) is 1. The molecule has 2 rings (SSSR count). The molecule has 3 amide bonds. The highest BCUT2D eigenvalue weighted by atomic mass is 35.5. The lowest BCUT2D eigenvalue weighted by Gasteiger charge is -2.14. The molecule has 1 aromatic carbocycles. The summed E-state index contributed by atoms with van der Waals surface area (Å²) >= 11 is 5.81. The number of hydrogen-bond acceptors (Lipinski definition) is 4. The Labute approximate surface area is 120 Å². The maximum atomic E-state index is 11.8. The SMILES string of the molecule is Nc1ccc(Cl)cc1NC(=O)CCN1C(=O)CCC1=O. The third-order valence-corrected chi connectivity index (χ3v) is 3.24. The second kappa shape index (κ2) is 5.92. The number of anilines is 2. The van der Waals surface area contributed by atoms with Crippen molar-refractivity contribution in [3.8, 4) is 0 Å². The molecule has 0 saturated carbocycles. The van der Waals surface area contributed by atoms with Crippen LogP contribution in [0.4, 0.5) is 11.4 Å². The second-order valence-electron chi connectivity index (χ2n) is 4.47. The highest BCUT2D eigenvalue weighted by Gasteiger charge is 2.28. The molecule has 20 heavy (non-hydrogen) atoms. The Morgan fingerprint density at radius 3 is 2.60 bits per heavy atom. The molecule has 1 fully saturated rings. The van der Waals surface area contributed by atoms with Gasteiger partial charge >= 0.3 is 0 Å². The van der Waals surface area contributed by atoms with Crippen molar-refractivity contribution in [1.82, 2.24) is 4.90 Å². The normalized spacial score (nSPS) is 14.8. The molecule has 1 saturated heterocycles. The van der Waals surface area contributed by atoms with Crippen molar-refractivity contribution in [2.45, 2.75) is 19.3 Å². The Morgan fingerprint density at radius 1 is 1.30 bits per heavy atom. The summed E-state index contributed by atoms with van der Waals surface area (Å²) in [6, 6.07) is 4.75. The van der Waals surface area contributed by atoms with E-state index in [0.717, 1.165) is 4.90 Å². The van der Waals surface area contributed by atoms with Crippen LogP contribution in [0.5, 0.6) is 0 Å². The molecule has 1 aliphatic rings. The van der Waals surface area contributed by atoms with Crippen molar-refractivity contribution >= 4 is 40.7 Å². The summed E-state index contributed by atoms with van der Waals surface area (Å²) in [4.78, 5) is 35.7. The van der Waals surface area contributed by atoms with Gasteiger partial charge in [-0.25, -0.2) is 0 Å². The highest BCUT2D eigenvalue weighted by molar-refractivity contribution is 6.31. The van der Waals surface area contributed by atoms with E-state index in [1.54, 1.807) is 18.2 Å². The predicted molar refractivity (Wildman–Crippen MR) is 75.1 cm³/mol. The first kappa shape index (κ1) is 14.3. The molecule has 106 valence electrons. The van der Waals surface area contributed by atoms with E-state index in [1.165, 1.54) is 0 Å². The number of rotatable bonds is 4. The lowest BCUT2D eigenvalue weighted by Crippen LogP contribution is -2.32. The van der Waals surface area contributed by atoms with E-state index >= 15 is 0 Å². The second-order valence-corrected chi connectivity index (χ2v) is 4.91. The van der Waals surface area contributed by atoms with Crippen LogP contribution in [0.25, 0.3) is 0 Å². The van der Waals surface area contributed by atoms with Crippen molar-refractivity contribution in [3.63, 3.8) is 0 Å².